The molecule has 0 aliphatic carbocycles. The number of aromatic nitrogens is 5. The number of hydrogen-bond acceptors (Lipinski definition) is 4. The van der Waals surface area contributed by atoms with Crippen LogP contribution < -0.4 is 9.88 Å². The van der Waals surface area contributed by atoms with E-state index in [-0.39, 0.29) is 5.91 Å². The molecule has 280 valence electrons. The summed E-state index contributed by atoms with van der Waals surface area (Å²) >= 11 is 0. The lowest BCUT2D eigenvalue weighted by molar-refractivity contribution is -0.697. The molecule has 0 saturated heterocycles. The lowest BCUT2D eigenvalue weighted by Gasteiger charge is -2.27. The molecule has 3 unspecified atom stereocenters. The quantitative estimate of drug-likeness (QED) is 0.0540. The second kappa shape index (κ2) is 21.8. The number of carbonyl (C=O) groups is 1. The lowest BCUT2D eigenvalue weighted by atomic mass is 9.77. The fraction of sp³-hybridized carbons (Fsp3) is 0.457. The first-order chi connectivity index (χ1) is 26.0. The molecule has 0 bridgehead atoms. The maximum Gasteiger partial charge on any atom is 0.219 e. The van der Waals surface area contributed by atoms with Crippen LogP contribution in [0.4, 0.5) is 0 Å². The molecule has 4 aromatic heterocycles. The maximum atomic E-state index is 12.4. The predicted octanol–water partition coefficient (Wildman–Crippen LogP) is 10.1. The van der Waals surface area contributed by atoms with Crippen LogP contribution in [-0.2, 0) is 17.9 Å². The van der Waals surface area contributed by atoms with Crippen LogP contribution in [0.15, 0.2) is 110 Å². The van der Waals surface area contributed by atoms with Crippen LogP contribution in [-0.4, -0.2) is 32.0 Å². The fourth-order valence-corrected chi connectivity index (χ4v) is 7.61. The standard InChI is InChI=1S/C46H60N6O/c1-4-38(40-18-10-8-11-19-40)35-43(41-22-27-47-28-23-41)36-39(5-2)42-24-32-51(33-25-42)30-14-9-12-21-45(53)48-26-13-6-7-15-31-52-34-29-49-46(52)44-20-16-17-37(3)50-44/h8,10-11,16-20,22-25,27-29,32-34,38-39,43H,4-7,9,12-15,21,26,30-31,35-36H2,1-3H3/p+1. The van der Waals surface area contributed by atoms with Crippen molar-refractivity contribution in [1.82, 2.24) is 24.8 Å². The molecule has 3 atom stereocenters. The normalized spacial score (nSPS) is 13.0. The van der Waals surface area contributed by atoms with Crippen LogP contribution >= 0.6 is 0 Å². The van der Waals surface area contributed by atoms with Crippen molar-refractivity contribution in [2.45, 2.75) is 129 Å². The molecule has 0 aliphatic heterocycles. The zero-order valence-electron chi connectivity index (χ0n) is 32.4. The van der Waals surface area contributed by atoms with E-state index in [1.54, 1.807) is 0 Å². The molecule has 7 heteroatoms. The molecule has 7 nitrogen and oxygen atoms in total. The van der Waals surface area contributed by atoms with Crippen molar-refractivity contribution < 1.29 is 9.36 Å². The predicted molar refractivity (Wildman–Crippen MR) is 215 cm³/mol. The summed E-state index contributed by atoms with van der Waals surface area (Å²) in [7, 11) is 0. The Morgan fingerprint density at radius 1 is 0.717 bits per heavy atom. The second-order valence-corrected chi connectivity index (χ2v) is 14.6. The van der Waals surface area contributed by atoms with Gasteiger partial charge in [0.15, 0.2) is 18.2 Å². The Bertz CT molecular complexity index is 1750. The minimum absolute atomic E-state index is 0.181. The maximum absolute atomic E-state index is 12.4. The first-order valence-electron chi connectivity index (χ1n) is 20.2. The van der Waals surface area contributed by atoms with E-state index < -0.39 is 0 Å². The molecule has 4 heterocycles. The average Bonchev–Trinajstić information content (AvgIpc) is 3.67. The first-order valence-corrected chi connectivity index (χ1v) is 20.2. The molecule has 1 N–H and O–H groups in total. The van der Waals surface area contributed by atoms with Crippen molar-refractivity contribution >= 4 is 5.91 Å². The van der Waals surface area contributed by atoms with Crippen LogP contribution in [0, 0.1) is 6.92 Å². The van der Waals surface area contributed by atoms with E-state index in [0.717, 1.165) is 107 Å². The van der Waals surface area contributed by atoms with Crippen molar-refractivity contribution in [3.63, 3.8) is 0 Å². The highest BCUT2D eigenvalue weighted by Gasteiger charge is 2.23. The number of hydrogen-bond donors (Lipinski definition) is 1. The van der Waals surface area contributed by atoms with Gasteiger partial charge in [-0.25, -0.2) is 14.5 Å². The number of amides is 1. The number of aryl methyl sites for hydroxylation is 3. The third-order valence-corrected chi connectivity index (χ3v) is 10.8. The smallest absolute Gasteiger partial charge is 0.219 e. The Labute approximate surface area is 318 Å². The van der Waals surface area contributed by atoms with E-state index in [0.29, 0.717) is 24.2 Å². The Morgan fingerprint density at radius 3 is 2.11 bits per heavy atom. The minimum Gasteiger partial charge on any atom is -0.356 e. The highest BCUT2D eigenvalue weighted by Crippen LogP contribution is 2.39. The summed E-state index contributed by atoms with van der Waals surface area (Å²) in [5.74, 6) is 2.64. The minimum atomic E-state index is 0.181. The largest absolute Gasteiger partial charge is 0.356 e. The number of rotatable bonds is 23. The number of benzene rings is 1. The third-order valence-electron chi connectivity index (χ3n) is 10.8. The van der Waals surface area contributed by atoms with E-state index in [9.17, 15) is 4.79 Å². The van der Waals surface area contributed by atoms with Gasteiger partial charge in [-0.2, -0.15) is 0 Å². The number of carbonyl (C=O) groups excluding carboxylic acids is 1. The first kappa shape index (κ1) is 39.6. The monoisotopic (exact) mass is 713 g/mol. The highest BCUT2D eigenvalue weighted by atomic mass is 16.1. The van der Waals surface area contributed by atoms with Crippen molar-refractivity contribution in [2.24, 2.45) is 0 Å². The van der Waals surface area contributed by atoms with E-state index in [1.807, 2.05) is 49.9 Å². The Morgan fingerprint density at radius 2 is 1.40 bits per heavy atom. The van der Waals surface area contributed by atoms with Gasteiger partial charge in [-0.1, -0.05) is 63.1 Å². The van der Waals surface area contributed by atoms with Crippen molar-refractivity contribution in [1.29, 1.82) is 0 Å². The molecule has 0 fully saturated rings. The van der Waals surface area contributed by atoms with Gasteiger partial charge in [-0.3, -0.25) is 9.78 Å². The molecule has 0 radical (unpaired) electrons. The molecular weight excluding hydrogens is 653 g/mol. The summed E-state index contributed by atoms with van der Waals surface area (Å²) in [4.78, 5) is 25.9. The zero-order valence-corrected chi connectivity index (χ0v) is 32.4. The molecule has 53 heavy (non-hydrogen) atoms. The van der Waals surface area contributed by atoms with Crippen LogP contribution in [0.5, 0.6) is 0 Å². The van der Waals surface area contributed by atoms with Crippen LogP contribution in [0.3, 0.4) is 0 Å². The lowest BCUT2D eigenvalue weighted by Crippen LogP contribution is -2.32. The highest BCUT2D eigenvalue weighted by molar-refractivity contribution is 5.75. The van der Waals surface area contributed by atoms with Gasteiger partial charge in [-0.05, 0) is 117 Å². The third kappa shape index (κ3) is 12.8. The Kier molecular flexibility index (Phi) is 16.3. The topological polar surface area (TPSA) is 76.6 Å². The van der Waals surface area contributed by atoms with E-state index >= 15 is 0 Å². The van der Waals surface area contributed by atoms with Crippen LogP contribution in [0.2, 0.25) is 0 Å². The van der Waals surface area contributed by atoms with Gasteiger partial charge in [-0.15, -0.1) is 0 Å². The molecule has 1 amide bonds. The molecule has 1 aromatic carbocycles. The number of pyridine rings is 3. The van der Waals surface area contributed by atoms with Gasteiger partial charge in [0.25, 0.3) is 0 Å². The summed E-state index contributed by atoms with van der Waals surface area (Å²) < 4.78 is 4.49. The zero-order chi connectivity index (χ0) is 37.1. The number of nitrogens with zero attached hydrogens (tertiary/aromatic N) is 5. The van der Waals surface area contributed by atoms with E-state index in [1.165, 1.54) is 16.7 Å². The van der Waals surface area contributed by atoms with E-state index in [4.69, 9.17) is 0 Å². The number of nitrogens with one attached hydrogen (secondary N) is 1. The van der Waals surface area contributed by atoms with Crippen molar-refractivity contribution in [2.75, 3.05) is 6.54 Å². The van der Waals surface area contributed by atoms with E-state index in [2.05, 4.69) is 110 Å². The molecule has 0 spiro atoms. The summed E-state index contributed by atoms with van der Waals surface area (Å²) in [5, 5.41) is 3.13. The summed E-state index contributed by atoms with van der Waals surface area (Å²) in [6.45, 7) is 9.33. The fourth-order valence-electron chi connectivity index (χ4n) is 7.61. The van der Waals surface area contributed by atoms with Gasteiger partial charge in [0, 0.05) is 68.5 Å². The van der Waals surface area contributed by atoms with Gasteiger partial charge in [0.1, 0.15) is 12.2 Å². The average molecular weight is 714 g/mol. The molecule has 5 aromatic rings. The molecule has 0 saturated carbocycles. The summed E-state index contributed by atoms with van der Waals surface area (Å²) in [5.41, 5.74) is 6.20. The second-order valence-electron chi connectivity index (χ2n) is 14.6. The molecular formula is C46H61N6O+. The van der Waals surface area contributed by atoms with Gasteiger partial charge in [0.05, 0.1) is 0 Å². The van der Waals surface area contributed by atoms with Gasteiger partial charge >= 0.3 is 0 Å². The summed E-state index contributed by atoms with van der Waals surface area (Å²) in [6.07, 6.45) is 24.8. The van der Waals surface area contributed by atoms with Crippen molar-refractivity contribution in [3.8, 4) is 11.5 Å². The number of unbranched alkanes of at least 4 members (excludes halogenated alkanes) is 5. The Balaban J connectivity index is 0.962. The van der Waals surface area contributed by atoms with Crippen molar-refractivity contribution in [3.05, 3.63) is 132 Å². The number of imidazole rings is 1. The van der Waals surface area contributed by atoms with Gasteiger partial charge < -0.3 is 9.88 Å². The Hall–Kier alpha value is -4.65. The molecule has 0 aliphatic rings. The van der Waals surface area contributed by atoms with Gasteiger partial charge in [0.2, 0.25) is 5.91 Å². The van der Waals surface area contributed by atoms with Crippen LogP contribution in [0.25, 0.3) is 11.5 Å². The molecule has 5 rings (SSSR count). The van der Waals surface area contributed by atoms with Crippen LogP contribution in [0.1, 0.15) is 131 Å². The summed E-state index contributed by atoms with van der Waals surface area (Å²) in [6, 6.07) is 26.2. The SMILES string of the molecule is CCC(CC(CC(CC)c1cc[n+](CCCCCC(=O)NCCCCCCn2ccnc2-c2cccc(C)n2)cc1)c1ccncc1)c1ccccc1.